The maximum atomic E-state index is 6.12. The first-order chi connectivity index (χ1) is 10.1. The summed E-state index contributed by atoms with van der Waals surface area (Å²) in [6.45, 7) is 4.02. The van der Waals surface area contributed by atoms with Gasteiger partial charge in [0.15, 0.2) is 5.65 Å². The Morgan fingerprint density at radius 3 is 2.76 bits per heavy atom. The fraction of sp³-hybridized carbons (Fsp3) is 0.286. The molecular formula is C14H13Cl2N5. The third-order valence-electron chi connectivity index (χ3n) is 3.11. The Labute approximate surface area is 132 Å². The highest BCUT2D eigenvalue weighted by atomic mass is 35.5. The van der Waals surface area contributed by atoms with Crippen LogP contribution in [-0.2, 0) is 6.42 Å². The van der Waals surface area contributed by atoms with Crippen LogP contribution >= 0.6 is 23.2 Å². The van der Waals surface area contributed by atoms with E-state index in [-0.39, 0.29) is 0 Å². The molecule has 21 heavy (non-hydrogen) atoms. The van der Waals surface area contributed by atoms with Crippen molar-refractivity contribution in [3.63, 3.8) is 0 Å². The SMILES string of the molecule is CCCc1cnc(C)c(-c2cc3nc(Cl)cc(Cl)n3n2)n1. The van der Waals surface area contributed by atoms with E-state index in [0.29, 0.717) is 21.6 Å². The summed E-state index contributed by atoms with van der Waals surface area (Å²) >= 11 is 12.0. The molecule has 0 N–H and O–H groups in total. The van der Waals surface area contributed by atoms with Crippen LogP contribution in [0, 0.1) is 6.92 Å². The van der Waals surface area contributed by atoms with Crippen LogP contribution in [0.3, 0.4) is 0 Å². The van der Waals surface area contributed by atoms with E-state index in [1.165, 1.54) is 4.52 Å². The number of hydrogen-bond acceptors (Lipinski definition) is 4. The molecule has 0 fully saturated rings. The molecular weight excluding hydrogens is 309 g/mol. The van der Waals surface area contributed by atoms with Gasteiger partial charge in [-0.2, -0.15) is 5.10 Å². The van der Waals surface area contributed by atoms with Gasteiger partial charge in [0.1, 0.15) is 21.7 Å². The Morgan fingerprint density at radius 1 is 1.19 bits per heavy atom. The van der Waals surface area contributed by atoms with Gasteiger partial charge >= 0.3 is 0 Å². The molecule has 0 atom stereocenters. The summed E-state index contributed by atoms with van der Waals surface area (Å²) in [5.41, 5.74) is 3.80. The number of hydrogen-bond donors (Lipinski definition) is 0. The van der Waals surface area contributed by atoms with Crippen molar-refractivity contribution in [3.8, 4) is 11.4 Å². The van der Waals surface area contributed by atoms with Crippen LogP contribution in [0.25, 0.3) is 17.0 Å². The zero-order valence-electron chi connectivity index (χ0n) is 11.6. The van der Waals surface area contributed by atoms with Crippen LogP contribution in [0.1, 0.15) is 24.7 Å². The summed E-state index contributed by atoms with van der Waals surface area (Å²) in [5, 5.41) is 5.19. The van der Waals surface area contributed by atoms with Crippen molar-refractivity contribution in [2.45, 2.75) is 26.7 Å². The predicted octanol–water partition coefficient (Wildman–Crippen LogP) is 3.75. The largest absolute Gasteiger partial charge is 0.257 e. The lowest BCUT2D eigenvalue weighted by Crippen LogP contribution is -1.99. The quantitative estimate of drug-likeness (QED) is 0.689. The number of halogens is 2. The average molecular weight is 322 g/mol. The van der Waals surface area contributed by atoms with Gasteiger partial charge in [-0.05, 0) is 13.3 Å². The highest BCUT2D eigenvalue weighted by Crippen LogP contribution is 2.23. The maximum absolute atomic E-state index is 6.12. The van der Waals surface area contributed by atoms with Gasteiger partial charge in [-0.3, -0.25) is 4.98 Å². The number of rotatable bonds is 3. The molecule has 0 unspecified atom stereocenters. The highest BCUT2D eigenvalue weighted by Gasteiger charge is 2.13. The summed E-state index contributed by atoms with van der Waals surface area (Å²) in [5.74, 6) is 0. The molecule has 0 aliphatic rings. The van der Waals surface area contributed by atoms with Crippen molar-refractivity contribution in [1.29, 1.82) is 0 Å². The third-order valence-corrected chi connectivity index (χ3v) is 3.57. The molecule has 7 heteroatoms. The van der Waals surface area contributed by atoms with Crippen LogP contribution in [0.2, 0.25) is 10.3 Å². The lowest BCUT2D eigenvalue weighted by Gasteiger charge is -2.03. The van der Waals surface area contributed by atoms with Crippen molar-refractivity contribution >= 4 is 28.8 Å². The van der Waals surface area contributed by atoms with Gasteiger partial charge in [-0.1, -0.05) is 36.5 Å². The number of aryl methyl sites for hydroxylation is 2. The lowest BCUT2D eigenvalue weighted by atomic mass is 10.2. The van der Waals surface area contributed by atoms with E-state index in [2.05, 4.69) is 27.0 Å². The minimum atomic E-state index is 0.335. The topological polar surface area (TPSA) is 56.0 Å². The molecule has 5 nitrogen and oxygen atoms in total. The van der Waals surface area contributed by atoms with Crippen LogP contribution in [0.4, 0.5) is 0 Å². The van der Waals surface area contributed by atoms with E-state index in [1.807, 2.05) is 13.0 Å². The minimum absolute atomic E-state index is 0.335. The number of aromatic nitrogens is 5. The fourth-order valence-electron chi connectivity index (χ4n) is 2.13. The molecule has 3 aromatic heterocycles. The monoisotopic (exact) mass is 321 g/mol. The van der Waals surface area contributed by atoms with Crippen LogP contribution in [0.15, 0.2) is 18.3 Å². The first-order valence-electron chi connectivity index (χ1n) is 6.63. The van der Waals surface area contributed by atoms with Gasteiger partial charge in [0.2, 0.25) is 0 Å². The van der Waals surface area contributed by atoms with Gasteiger partial charge in [0, 0.05) is 18.3 Å². The predicted molar refractivity (Wildman–Crippen MR) is 82.8 cm³/mol. The Bertz CT molecular complexity index is 812. The number of nitrogens with zero attached hydrogens (tertiary/aromatic N) is 5. The molecule has 0 spiro atoms. The Hall–Kier alpha value is -1.72. The highest BCUT2D eigenvalue weighted by molar-refractivity contribution is 6.33. The third kappa shape index (κ3) is 2.71. The molecule has 108 valence electrons. The summed E-state index contributed by atoms with van der Waals surface area (Å²) in [6.07, 6.45) is 3.71. The molecule has 0 radical (unpaired) electrons. The summed E-state index contributed by atoms with van der Waals surface area (Å²) < 4.78 is 1.54. The first kappa shape index (κ1) is 14.2. The zero-order valence-corrected chi connectivity index (χ0v) is 13.2. The van der Waals surface area contributed by atoms with Gasteiger partial charge in [-0.25, -0.2) is 14.5 Å². The maximum Gasteiger partial charge on any atom is 0.159 e. The Balaban J connectivity index is 2.16. The van der Waals surface area contributed by atoms with E-state index >= 15 is 0 Å². The zero-order chi connectivity index (χ0) is 15.0. The summed E-state index contributed by atoms with van der Waals surface area (Å²) in [6, 6.07) is 3.36. The van der Waals surface area contributed by atoms with Crippen LogP contribution in [-0.4, -0.2) is 24.6 Å². The molecule has 0 aliphatic heterocycles. The number of fused-ring (bicyclic) bond motifs is 1. The van der Waals surface area contributed by atoms with E-state index < -0.39 is 0 Å². The van der Waals surface area contributed by atoms with Gasteiger partial charge in [-0.15, -0.1) is 0 Å². The molecule has 3 rings (SSSR count). The summed E-state index contributed by atoms with van der Waals surface area (Å²) in [7, 11) is 0. The molecule has 3 heterocycles. The normalized spacial score (nSPS) is 11.2. The Kier molecular flexibility index (Phi) is 3.78. The standard InChI is InChI=1S/C14H13Cl2N5/c1-3-4-9-7-17-8(2)14(18-9)10-5-13-19-11(15)6-12(16)21(13)20-10/h5-7H,3-4H2,1-2H3. The minimum Gasteiger partial charge on any atom is -0.257 e. The molecule has 0 saturated heterocycles. The van der Waals surface area contributed by atoms with E-state index in [0.717, 1.165) is 29.9 Å². The van der Waals surface area contributed by atoms with Crippen LogP contribution in [0.5, 0.6) is 0 Å². The van der Waals surface area contributed by atoms with Crippen molar-refractivity contribution in [2.24, 2.45) is 0 Å². The van der Waals surface area contributed by atoms with Crippen molar-refractivity contribution in [1.82, 2.24) is 24.6 Å². The molecule has 3 aromatic rings. The molecule has 0 bridgehead atoms. The van der Waals surface area contributed by atoms with Crippen molar-refractivity contribution in [2.75, 3.05) is 0 Å². The van der Waals surface area contributed by atoms with E-state index in [9.17, 15) is 0 Å². The van der Waals surface area contributed by atoms with Crippen LogP contribution < -0.4 is 0 Å². The smallest absolute Gasteiger partial charge is 0.159 e. The average Bonchev–Trinajstić information content (AvgIpc) is 2.85. The molecule has 0 amide bonds. The van der Waals surface area contributed by atoms with E-state index in [1.54, 1.807) is 12.3 Å². The van der Waals surface area contributed by atoms with Gasteiger partial charge < -0.3 is 0 Å². The lowest BCUT2D eigenvalue weighted by molar-refractivity contribution is 0.863. The summed E-state index contributed by atoms with van der Waals surface area (Å²) in [4.78, 5) is 13.2. The van der Waals surface area contributed by atoms with Gasteiger partial charge in [0.05, 0.1) is 11.4 Å². The Morgan fingerprint density at radius 2 is 2.00 bits per heavy atom. The first-order valence-corrected chi connectivity index (χ1v) is 7.38. The molecule has 0 aromatic carbocycles. The second-order valence-corrected chi connectivity index (χ2v) is 5.52. The molecule has 0 aliphatic carbocycles. The second kappa shape index (κ2) is 5.58. The second-order valence-electron chi connectivity index (χ2n) is 4.75. The van der Waals surface area contributed by atoms with E-state index in [4.69, 9.17) is 23.2 Å². The molecule has 0 saturated carbocycles. The van der Waals surface area contributed by atoms with Gasteiger partial charge in [0.25, 0.3) is 0 Å². The van der Waals surface area contributed by atoms with Crippen molar-refractivity contribution in [3.05, 3.63) is 40.0 Å². The fourth-order valence-corrected chi connectivity index (χ4v) is 2.60. The van der Waals surface area contributed by atoms with Crippen molar-refractivity contribution < 1.29 is 0 Å².